The van der Waals surface area contributed by atoms with E-state index >= 15 is 0 Å². The van der Waals surface area contributed by atoms with E-state index in [4.69, 9.17) is 10.5 Å². The van der Waals surface area contributed by atoms with Crippen LogP contribution >= 0.6 is 0 Å². The topological polar surface area (TPSA) is 66.0 Å². The number of rotatable bonds is 6. The highest BCUT2D eigenvalue weighted by Crippen LogP contribution is 1.90. The van der Waals surface area contributed by atoms with Gasteiger partial charge in [0.15, 0.2) is 0 Å². The molecule has 0 aliphatic carbocycles. The van der Waals surface area contributed by atoms with E-state index in [2.05, 4.69) is 16.9 Å². The summed E-state index contributed by atoms with van der Waals surface area (Å²) in [5.41, 5.74) is 6.17. The Hall–Kier alpha value is -1.20. The molecule has 1 aromatic rings. The molecule has 0 fully saturated rings. The van der Waals surface area contributed by atoms with E-state index in [1.165, 1.54) is 0 Å². The molecule has 0 saturated carbocycles. The molecule has 1 rings (SSSR count). The predicted octanol–water partition coefficient (Wildman–Crippen LogP) is -0.0606. The molecule has 0 spiro atoms. The Labute approximate surface area is 77.2 Å². The maximum atomic E-state index is 5.38. The van der Waals surface area contributed by atoms with Crippen LogP contribution in [0, 0.1) is 0 Å². The highest BCUT2D eigenvalue weighted by atomic mass is 16.5. The molecule has 0 radical (unpaired) electrons. The number of aromatic nitrogens is 3. The predicted molar refractivity (Wildman–Crippen MR) is 48.9 cm³/mol. The molecule has 2 N–H and O–H groups in total. The van der Waals surface area contributed by atoms with E-state index in [9.17, 15) is 0 Å². The van der Waals surface area contributed by atoms with Gasteiger partial charge in [-0.3, -0.25) is 0 Å². The third kappa shape index (κ3) is 3.35. The Kier molecular flexibility index (Phi) is 4.14. The van der Waals surface area contributed by atoms with Crippen molar-refractivity contribution in [2.75, 3.05) is 13.2 Å². The molecule has 1 aromatic heterocycles. The number of nitrogens with two attached hydrogens (primary N) is 1. The van der Waals surface area contributed by atoms with Gasteiger partial charge in [-0.15, -0.1) is 11.7 Å². The van der Waals surface area contributed by atoms with Gasteiger partial charge in [-0.25, -0.2) is 4.68 Å². The van der Waals surface area contributed by atoms with Crippen molar-refractivity contribution in [1.82, 2.24) is 15.0 Å². The van der Waals surface area contributed by atoms with Gasteiger partial charge >= 0.3 is 0 Å². The SMILES string of the molecule is C=CCOCCn1cc(CN)nn1. The van der Waals surface area contributed by atoms with Crippen LogP contribution in [0.5, 0.6) is 0 Å². The Morgan fingerprint density at radius 2 is 2.54 bits per heavy atom. The molecule has 0 aliphatic heterocycles. The summed E-state index contributed by atoms with van der Waals surface area (Å²) >= 11 is 0. The smallest absolute Gasteiger partial charge is 0.0962 e. The van der Waals surface area contributed by atoms with Gasteiger partial charge in [-0.05, 0) is 0 Å². The maximum absolute atomic E-state index is 5.38. The van der Waals surface area contributed by atoms with Crippen LogP contribution in [0.1, 0.15) is 5.69 Å². The third-order valence-corrected chi connectivity index (χ3v) is 1.50. The zero-order chi connectivity index (χ0) is 9.52. The van der Waals surface area contributed by atoms with Crippen LogP contribution in [-0.2, 0) is 17.8 Å². The lowest BCUT2D eigenvalue weighted by atomic mass is 10.5. The van der Waals surface area contributed by atoms with E-state index in [1.54, 1.807) is 10.8 Å². The van der Waals surface area contributed by atoms with Crippen molar-refractivity contribution in [3.05, 3.63) is 24.5 Å². The summed E-state index contributed by atoms with van der Waals surface area (Å²) < 4.78 is 6.91. The summed E-state index contributed by atoms with van der Waals surface area (Å²) in [6.45, 7) is 5.84. The molecule has 0 atom stereocenters. The molecule has 0 saturated heterocycles. The van der Waals surface area contributed by atoms with E-state index < -0.39 is 0 Å². The lowest BCUT2D eigenvalue weighted by Crippen LogP contribution is -2.06. The highest BCUT2D eigenvalue weighted by molar-refractivity contribution is 4.90. The molecule has 0 aliphatic rings. The van der Waals surface area contributed by atoms with Gasteiger partial charge in [0.1, 0.15) is 0 Å². The minimum absolute atomic E-state index is 0.424. The summed E-state index contributed by atoms with van der Waals surface area (Å²) in [6.07, 6.45) is 3.53. The van der Waals surface area contributed by atoms with Crippen LogP contribution in [-0.4, -0.2) is 28.2 Å². The maximum Gasteiger partial charge on any atom is 0.0962 e. The van der Waals surface area contributed by atoms with Gasteiger partial charge in [0.05, 0.1) is 25.5 Å². The fraction of sp³-hybridized carbons (Fsp3) is 0.500. The monoisotopic (exact) mass is 182 g/mol. The molecule has 5 heteroatoms. The first-order valence-corrected chi connectivity index (χ1v) is 4.14. The fourth-order valence-electron chi connectivity index (χ4n) is 0.866. The molecule has 1 heterocycles. The molecule has 5 nitrogen and oxygen atoms in total. The number of hydrogen-bond donors (Lipinski definition) is 1. The average Bonchev–Trinajstić information content (AvgIpc) is 2.60. The Morgan fingerprint density at radius 1 is 1.69 bits per heavy atom. The van der Waals surface area contributed by atoms with Crippen LogP contribution in [0.25, 0.3) is 0 Å². The van der Waals surface area contributed by atoms with Crippen molar-refractivity contribution in [2.24, 2.45) is 5.73 Å². The van der Waals surface area contributed by atoms with E-state index in [-0.39, 0.29) is 0 Å². The minimum atomic E-state index is 0.424. The van der Waals surface area contributed by atoms with E-state index in [0.717, 1.165) is 5.69 Å². The van der Waals surface area contributed by atoms with Crippen LogP contribution in [0.4, 0.5) is 0 Å². The van der Waals surface area contributed by atoms with Crippen LogP contribution in [0.3, 0.4) is 0 Å². The zero-order valence-electron chi connectivity index (χ0n) is 7.52. The zero-order valence-corrected chi connectivity index (χ0v) is 7.52. The molecule has 13 heavy (non-hydrogen) atoms. The first-order chi connectivity index (χ1) is 6.36. The Morgan fingerprint density at radius 3 is 3.15 bits per heavy atom. The average molecular weight is 182 g/mol. The lowest BCUT2D eigenvalue weighted by Gasteiger charge is -1.99. The van der Waals surface area contributed by atoms with Gasteiger partial charge in [-0.2, -0.15) is 0 Å². The van der Waals surface area contributed by atoms with Crippen molar-refractivity contribution >= 4 is 0 Å². The van der Waals surface area contributed by atoms with Gasteiger partial charge in [0, 0.05) is 12.7 Å². The summed E-state index contributed by atoms with van der Waals surface area (Å²) in [4.78, 5) is 0. The largest absolute Gasteiger partial charge is 0.375 e. The Bertz CT molecular complexity index is 258. The van der Waals surface area contributed by atoms with Gasteiger partial charge in [-0.1, -0.05) is 11.3 Å². The Balaban J connectivity index is 2.24. The second kappa shape index (κ2) is 5.45. The number of hydrogen-bond acceptors (Lipinski definition) is 4. The van der Waals surface area contributed by atoms with Gasteiger partial charge in [0.2, 0.25) is 0 Å². The van der Waals surface area contributed by atoms with E-state index in [1.807, 2.05) is 6.20 Å². The molecule has 0 unspecified atom stereocenters. The van der Waals surface area contributed by atoms with Crippen molar-refractivity contribution in [3.63, 3.8) is 0 Å². The minimum Gasteiger partial charge on any atom is -0.375 e. The molecule has 0 aromatic carbocycles. The molecule has 0 amide bonds. The lowest BCUT2D eigenvalue weighted by molar-refractivity contribution is 0.149. The van der Waals surface area contributed by atoms with Crippen molar-refractivity contribution < 1.29 is 4.74 Å². The van der Waals surface area contributed by atoms with Crippen molar-refractivity contribution in [1.29, 1.82) is 0 Å². The molecular weight excluding hydrogens is 168 g/mol. The number of ether oxygens (including phenoxy) is 1. The third-order valence-electron chi connectivity index (χ3n) is 1.50. The highest BCUT2D eigenvalue weighted by Gasteiger charge is 1.96. The summed E-state index contributed by atoms with van der Waals surface area (Å²) in [7, 11) is 0. The summed E-state index contributed by atoms with van der Waals surface area (Å²) in [5, 5.41) is 7.71. The quantitative estimate of drug-likeness (QED) is 0.494. The van der Waals surface area contributed by atoms with E-state index in [0.29, 0.717) is 26.3 Å². The molecule has 0 bridgehead atoms. The second-order valence-electron chi connectivity index (χ2n) is 2.54. The second-order valence-corrected chi connectivity index (χ2v) is 2.54. The fourth-order valence-corrected chi connectivity index (χ4v) is 0.866. The van der Waals surface area contributed by atoms with Crippen LogP contribution in [0.2, 0.25) is 0 Å². The van der Waals surface area contributed by atoms with Crippen LogP contribution in [0.15, 0.2) is 18.9 Å². The molecular formula is C8H14N4O. The summed E-state index contributed by atoms with van der Waals surface area (Å²) in [6, 6.07) is 0. The number of nitrogens with zero attached hydrogens (tertiary/aromatic N) is 3. The van der Waals surface area contributed by atoms with Crippen molar-refractivity contribution in [3.8, 4) is 0 Å². The normalized spacial score (nSPS) is 10.2. The molecule has 72 valence electrons. The first kappa shape index (κ1) is 9.88. The van der Waals surface area contributed by atoms with Gasteiger partial charge in [0.25, 0.3) is 0 Å². The first-order valence-electron chi connectivity index (χ1n) is 4.14. The standard InChI is InChI=1S/C8H14N4O/c1-2-4-13-5-3-12-7-8(6-9)10-11-12/h2,7H,1,3-6,9H2. The summed E-state index contributed by atoms with van der Waals surface area (Å²) in [5.74, 6) is 0. The van der Waals surface area contributed by atoms with Crippen LogP contribution < -0.4 is 5.73 Å². The van der Waals surface area contributed by atoms with Crippen molar-refractivity contribution in [2.45, 2.75) is 13.1 Å². The van der Waals surface area contributed by atoms with Gasteiger partial charge < -0.3 is 10.5 Å².